The van der Waals surface area contributed by atoms with Gasteiger partial charge in [0.2, 0.25) is 0 Å². The molecule has 3 rings (SSSR count). The Kier molecular flexibility index (Phi) is 2.07. The van der Waals surface area contributed by atoms with Gasteiger partial charge in [-0.2, -0.15) is 0 Å². The first kappa shape index (κ1) is 9.60. The maximum absolute atomic E-state index is 4.61. The Morgan fingerprint density at radius 1 is 1.44 bits per heavy atom. The molecule has 1 fully saturated rings. The number of hydrogen-bond acceptors (Lipinski definition) is 2. The summed E-state index contributed by atoms with van der Waals surface area (Å²) < 4.78 is 0. The first-order valence-electron chi connectivity index (χ1n) is 5.60. The molecule has 2 aromatic rings. The third-order valence-corrected chi connectivity index (χ3v) is 3.16. The molecule has 0 amide bonds. The topological polar surface area (TPSA) is 40.7 Å². The van der Waals surface area contributed by atoms with E-state index in [9.17, 15) is 0 Å². The number of allylic oxidation sites excluding steroid dienone is 1. The molecule has 0 radical (unpaired) electrons. The molecule has 1 aliphatic rings. The van der Waals surface area contributed by atoms with Crippen LogP contribution in [0.2, 0.25) is 0 Å². The van der Waals surface area contributed by atoms with Crippen LogP contribution in [-0.4, -0.2) is 23.1 Å². The van der Waals surface area contributed by atoms with E-state index in [1.54, 1.807) is 0 Å². The number of benzene rings is 1. The number of aromatic nitrogens is 2. The SMILES string of the molecule is C=C(C)c1ccc2nc(C3CNC3)[nH]c2c1. The van der Waals surface area contributed by atoms with Gasteiger partial charge < -0.3 is 10.3 Å². The number of nitrogens with zero attached hydrogens (tertiary/aromatic N) is 1. The first-order chi connectivity index (χ1) is 7.74. The number of imidazole rings is 1. The molecule has 0 atom stereocenters. The third-order valence-electron chi connectivity index (χ3n) is 3.16. The Morgan fingerprint density at radius 2 is 2.25 bits per heavy atom. The molecule has 0 aliphatic carbocycles. The van der Waals surface area contributed by atoms with E-state index in [4.69, 9.17) is 0 Å². The van der Waals surface area contributed by atoms with Crippen LogP contribution in [0.15, 0.2) is 24.8 Å². The molecule has 3 heteroatoms. The number of rotatable bonds is 2. The Hall–Kier alpha value is -1.61. The minimum Gasteiger partial charge on any atom is -0.342 e. The van der Waals surface area contributed by atoms with Crippen molar-refractivity contribution in [1.29, 1.82) is 0 Å². The average molecular weight is 213 g/mol. The molecule has 2 N–H and O–H groups in total. The van der Waals surface area contributed by atoms with Gasteiger partial charge in [0.15, 0.2) is 0 Å². The normalized spacial score (nSPS) is 16.3. The van der Waals surface area contributed by atoms with Gasteiger partial charge in [0, 0.05) is 19.0 Å². The van der Waals surface area contributed by atoms with E-state index in [1.165, 1.54) is 5.56 Å². The Bertz CT molecular complexity index is 549. The molecule has 3 nitrogen and oxygen atoms in total. The standard InChI is InChI=1S/C13H15N3/c1-8(2)9-3-4-11-12(5-9)16-13(15-11)10-6-14-7-10/h3-5,10,14H,1,6-7H2,2H3,(H,15,16). The van der Waals surface area contributed by atoms with Crippen molar-refractivity contribution in [2.24, 2.45) is 0 Å². The van der Waals surface area contributed by atoms with Gasteiger partial charge in [0.05, 0.1) is 11.0 Å². The number of nitrogens with one attached hydrogen (secondary N) is 2. The molecule has 0 saturated carbocycles. The lowest BCUT2D eigenvalue weighted by Gasteiger charge is -2.24. The van der Waals surface area contributed by atoms with E-state index in [0.717, 1.165) is 35.5 Å². The first-order valence-corrected chi connectivity index (χ1v) is 5.60. The van der Waals surface area contributed by atoms with Crippen molar-refractivity contribution < 1.29 is 0 Å². The molecule has 0 bridgehead atoms. The predicted octanol–water partition coefficient (Wildman–Crippen LogP) is 2.28. The third kappa shape index (κ3) is 1.44. The summed E-state index contributed by atoms with van der Waals surface area (Å²) in [6, 6.07) is 6.26. The van der Waals surface area contributed by atoms with E-state index < -0.39 is 0 Å². The molecule has 0 spiro atoms. The fourth-order valence-corrected chi connectivity index (χ4v) is 1.97. The minimum atomic E-state index is 0.556. The van der Waals surface area contributed by atoms with E-state index in [2.05, 4.69) is 40.1 Å². The summed E-state index contributed by atoms with van der Waals surface area (Å²) in [4.78, 5) is 8.01. The number of aromatic amines is 1. The van der Waals surface area contributed by atoms with Gasteiger partial charge in [-0.25, -0.2) is 4.98 Å². The van der Waals surface area contributed by atoms with Crippen molar-refractivity contribution >= 4 is 16.6 Å². The van der Waals surface area contributed by atoms with Crippen LogP contribution in [0.3, 0.4) is 0 Å². The van der Waals surface area contributed by atoms with Gasteiger partial charge in [-0.3, -0.25) is 0 Å². The molecule has 0 unspecified atom stereocenters. The lowest BCUT2D eigenvalue weighted by molar-refractivity contribution is 0.433. The largest absolute Gasteiger partial charge is 0.342 e. The zero-order chi connectivity index (χ0) is 11.1. The molecule has 1 aromatic carbocycles. The Labute approximate surface area is 94.6 Å². The summed E-state index contributed by atoms with van der Waals surface area (Å²) >= 11 is 0. The highest BCUT2D eigenvalue weighted by atomic mass is 15.0. The lowest BCUT2D eigenvalue weighted by Crippen LogP contribution is -2.40. The van der Waals surface area contributed by atoms with Crippen molar-refractivity contribution in [3.05, 3.63) is 36.2 Å². The number of H-pyrrole nitrogens is 1. The summed E-state index contributed by atoms with van der Waals surface area (Å²) in [7, 11) is 0. The second kappa shape index (κ2) is 3.46. The van der Waals surface area contributed by atoms with Gasteiger partial charge in [0.25, 0.3) is 0 Å². The van der Waals surface area contributed by atoms with Crippen molar-refractivity contribution in [1.82, 2.24) is 15.3 Å². The molecule has 1 aliphatic heterocycles. The maximum atomic E-state index is 4.61. The Morgan fingerprint density at radius 3 is 2.88 bits per heavy atom. The van der Waals surface area contributed by atoms with Crippen molar-refractivity contribution in [3.8, 4) is 0 Å². The quantitative estimate of drug-likeness (QED) is 0.803. The summed E-state index contributed by atoms with van der Waals surface area (Å²) in [5.41, 5.74) is 4.42. The molecule has 1 saturated heterocycles. The average Bonchev–Trinajstić information content (AvgIpc) is 2.56. The minimum absolute atomic E-state index is 0.556. The molecule has 1 aromatic heterocycles. The fourth-order valence-electron chi connectivity index (χ4n) is 1.97. The van der Waals surface area contributed by atoms with E-state index in [0.29, 0.717) is 5.92 Å². The maximum Gasteiger partial charge on any atom is 0.112 e. The zero-order valence-electron chi connectivity index (χ0n) is 9.38. The van der Waals surface area contributed by atoms with Crippen LogP contribution in [0, 0.1) is 0 Å². The van der Waals surface area contributed by atoms with Crippen LogP contribution in [0.5, 0.6) is 0 Å². The summed E-state index contributed by atoms with van der Waals surface area (Å²) in [6.45, 7) is 8.05. The van der Waals surface area contributed by atoms with Crippen molar-refractivity contribution in [3.63, 3.8) is 0 Å². The van der Waals surface area contributed by atoms with Crippen molar-refractivity contribution in [2.75, 3.05) is 13.1 Å². The van der Waals surface area contributed by atoms with Gasteiger partial charge in [-0.15, -0.1) is 0 Å². The van der Waals surface area contributed by atoms with E-state index in [1.807, 2.05) is 6.92 Å². The lowest BCUT2D eigenvalue weighted by atomic mass is 10.0. The van der Waals surface area contributed by atoms with Gasteiger partial charge in [-0.05, 0) is 24.6 Å². The summed E-state index contributed by atoms with van der Waals surface area (Å²) in [6.07, 6.45) is 0. The van der Waals surface area contributed by atoms with Crippen molar-refractivity contribution in [2.45, 2.75) is 12.8 Å². The van der Waals surface area contributed by atoms with Gasteiger partial charge in [0.1, 0.15) is 5.82 Å². The Balaban J connectivity index is 2.06. The second-order valence-electron chi connectivity index (χ2n) is 4.49. The highest BCUT2D eigenvalue weighted by Crippen LogP contribution is 2.23. The molecule has 16 heavy (non-hydrogen) atoms. The van der Waals surface area contributed by atoms with Crippen LogP contribution >= 0.6 is 0 Å². The van der Waals surface area contributed by atoms with Crippen LogP contribution in [0.1, 0.15) is 24.2 Å². The second-order valence-corrected chi connectivity index (χ2v) is 4.49. The monoisotopic (exact) mass is 213 g/mol. The summed E-state index contributed by atoms with van der Waals surface area (Å²) in [5.74, 6) is 1.66. The van der Waals surface area contributed by atoms with E-state index >= 15 is 0 Å². The highest BCUT2D eigenvalue weighted by molar-refractivity contribution is 5.80. The van der Waals surface area contributed by atoms with Gasteiger partial charge in [-0.1, -0.05) is 18.2 Å². The molecular formula is C13H15N3. The van der Waals surface area contributed by atoms with Crippen LogP contribution in [0.25, 0.3) is 16.6 Å². The van der Waals surface area contributed by atoms with Gasteiger partial charge >= 0.3 is 0 Å². The number of fused-ring (bicyclic) bond motifs is 1. The van der Waals surface area contributed by atoms with Crippen LogP contribution in [-0.2, 0) is 0 Å². The zero-order valence-corrected chi connectivity index (χ0v) is 9.38. The smallest absolute Gasteiger partial charge is 0.112 e. The molecule has 82 valence electrons. The predicted molar refractivity (Wildman–Crippen MR) is 66.4 cm³/mol. The van der Waals surface area contributed by atoms with E-state index in [-0.39, 0.29) is 0 Å². The van der Waals surface area contributed by atoms with Crippen LogP contribution < -0.4 is 5.32 Å². The highest BCUT2D eigenvalue weighted by Gasteiger charge is 2.22. The summed E-state index contributed by atoms with van der Waals surface area (Å²) in [5, 5.41) is 3.26. The molecular weight excluding hydrogens is 198 g/mol. The number of hydrogen-bond donors (Lipinski definition) is 2. The molecule has 2 heterocycles. The fraction of sp³-hybridized carbons (Fsp3) is 0.308. The van der Waals surface area contributed by atoms with Crippen LogP contribution in [0.4, 0.5) is 0 Å².